The van der Waals surface area contributed by atoms with Gasteiger partial charge in [0, 0.05) is 34.4 Å². The molecule has 214 valence electrons. The number of anilines is 3. The van der Waals surface area contributed by atoms with Gasteiger partial charge in [-0.1, -0.05) is 84.3 Å². The predicted octanol–water partition coefficient (Wildman–Crippen LogP) is 7.12. The first-order valence-corrected chi connectivity index (χ1v) is 14.5. The van der Waals surface area contributed by atoms with E-state index in [0.29, 0.717) is 17.0 Å². The molecule has 6 rings (SSSR count). The van der Waals surface area contributed by atoms with Crippen molar-refractivity contribution in [3.63, 3.8) is 0 Å². The van der Waals surface area contributed by atoms with Gasteiger partial charge >= 0.3 is 0 Å². The number of carbonyl (C=O) groups is 1. The van der Waals surface area contributed by atoms with Crippen LogP contribution in [0.4, 0.5) is 17.3 Å². The second kappa shape index (κ2) is 12.5. The molecule has 0 unspecified atom stereocenters. The van der Waals surface area contributed by atoms with Crippen LogP contribution in [-0.2, 0) is 6.54 Å². The Morgan fingerprint density at radius 3 is 2.20 bits per heavy atom. The summed E-state index contributed by atoms with van der Waals surface area (Å²) in [7, 11) is 10.4. The topological polar surface area (TPSA) is 70.2 Å². The molecule has 6 nitrogen and oxygen atoms in total. The standard InChI is InChI=1S/C37H32BN5O/c1-24-16-17-25(23-43(2)3)22-34(24)40-36(44)26-18-20-27(21-19-26)39-37-41-33-15-9-7-13-31(33)35(42-37)30-12-5-4-10-28(30)29-11-6-8-14-32(29)38/h4-22H,23H2,1-3H3,(H,40,44)(H,39,41,42). The van der Waals surface area contributed by atoms with Gasteiger partial charge in [0.05, 0.1) is 11.2 Å². The summed E-state index contributed by atoms with van der Waals surface area (Å²) in [4.78, 5) is 25.0. The summed E-state index contributed by atoms with van der Waals surface area (Å²) in [6.07, 6.45) is 0. The van der Waals surface area contributed by atoms with Gasteiger partial charge in [0.2, 0.25) is 5.95 Å². The number of benzene rings is 5. The highest BCUT2D eigenvalue weighted by Crippen LogP contribution is 2.35. The van der Waals surface area contributed by atoms with Crippen LogP contribution in [0.2, 0.25) is 0 Å². The zero-order chi connectivity index (χ0) is 30.6. The Morgan fingerprint density at radius 2 is 1.45 bits per heavy atom. The van der Waals surface area contributed by atoms with Gasteiger partial charge in [-0.15, -0.1) is 0 Å². The number of para-hydroxylation sites is 1. The minimum absolute atomic E-state index is 0.164. The van der Waals surface area contributed by atoms with Crippen LogP contribution in [0.3, 0.4) is 0 Å². The number of nitrogens with one attached hydrogen (secondary N) is 2. The highest BCUT2D eigenvalue weighted by Gasteiger charge is 2.16. The summed E-state index contributed by atoms with van der Waals surface area (Å²) in [6.45, 7) is 2.79. The maximum atomic E-state index is 13.1. The van der Waals surface area contributed by atoms with Crippen molar-refractivity contribution in [2.45, 2.75) is 13.5 Å². The van der Waals surface area contributed by atoms with E-state index in [2.05, 4.69) is 33.7 Å². The number of rotatable bonds is 8. The Balaban J connectivity index is 1.28. The third-order valence-corrected chi connectivity index (χ3v) is 7.49. The van der Waals surface area contributed by atoms with Gasteiger partial charge in [0.15, 0.2) is 0 Å². The molecule has 0 fully saturated rings. The van der Waals surface area contributed by atoms with Gasteiger partial charge in [-0.2, -0.15) is 0 Å². The van der Waals surface area contributed by atoms with Crippen molar-refractivity contribution in [3.05, 3.63) is 132 Å². The Hall–Kier alpha value is -5.27. The molecule has 0 bridgehead atoms. The van der Waals surface area contributed by atoms with Crippen LogP contribution < -0.4 is 16.1 Å². The summed E-state index contributed by atoms with van der Waals surface area (Å²) in [5.74, 6) is 0.294. The van der Waals surface area contributed by atoms with E-state index in [4.69, 9.17) is 17.8 Å². The smallest absolute Gasteiger partial charge is 0.255 e. The average Bonchev–Trinajstić information content (AvgIpc) is 3.02. The van der Waals surface area contributed by atoms with Crippen LogP contribution in [0, 0.1) is 6.92 Å². The molecule has 44 heavy (non-hydrogen) atoms. The number of carbonyl (C=O) groups excluding carboxylic acids is 1. The number of fused-ring (bicyclic) bond motifs is 1. The molecule has 2 N–H and O–H groups in total. The molecule has 0 aliphatic rings. The van der Waals surface area contributed by atoms with Crippen molar-refractivity contribution in [3.8, 4) is 22.4 Å². The van der Waals surface area contributed by atoms with Crippen molar-refractivity contribution in [1.82, 2.24) is 14.9 Å². The molecule has 0 saturated carbocycles. The fourth-order valence-electron chi connectivity index (χ4n) is 5.30. The molecule has 7 heteroatoms. The highest BCUT2D eigenvalue weighted by molar-refractivity contribution is 6.36. The maximum absolute atomic E-state index is 13.1. The molecule has 1 heterocycles. The van der Waals surface area contributed by atoms with Crippen molar-refractivity contribution >= 4 is 47.4 Å². The summed E-state index contributed by atoms with van der Waals surface area (Å²) in [6, 6.07) is 37.4. The number of aryl methyl sites for hydroxylation is 1. The molecular weight excluding hydrogens is 541 g/mol. The minimum Gasteiger partial charge on any atom is -0.324 e. The van der Waals surface area contributed by atoms with Gasteiger partial charge in [-0.25, -0.2) is 9.97 Å². The zero-order valence-electron chi connectivity index (χ0n) is 25.0. The SMILES string of the molecule is [B]c1ccccc1-c1ccccc1-c1nc(Nc2ccc(C(=O)Nc3cc(CN(C)C)ccc3C)cc2)nc2ccccc12. The quantitative estimate of drug-likeness (QED) is 0.190. The average molecular weight is 574 g/mol. The van der Waals surface area contributed by atoms with E-state index in [1.54, 1.807) is 12.1 Å². The molecule has 0 aliphatic heterocycles. The molecule has 6 aromatic rings. The number of nitrogens with zero attached hydrogens (tertiary/aromatic N) is 3. The lowest BCUT2D eigenvalue weighted by Gasteiger charge is -2.15. The lowest BCUT2D eigenvalue weighted by Crippen LogP contribution is -2.14. The lowest BCUT2D eigenvalue weighted by atomic mass is 9.85. The van der Waals surface area contributed by atoms with E-state index in [-0.39, 0.29) is 5.91 Å². The molecule has 1 aromatic heterocycles. The Kier molecular flexibility index (Phi) is 8.22. The van der Waals surface area contributed by atoms with Crippen LogP contribution >= 0.6 is 0 Å². The van der Waals surface area contributed by atoms with E-state index < -0.39 is 0 Å². The van der Waals surface area contributed by atoms with Gasteiger partial charge in [-0.05, 0) is 79.7 Å². The monoisotopic (exact) mass is 573 g/mol. The Bertz CT molecular complexity index is 1970. The molecule has 0 atom stereocenters. The molecule has 0 aliphatic carbocycles. The lowest BCUT2D eigenvalue weighted by molar-refractivity contribution is 0.102. The van der Waals surface area contributed by atoms with E-state index in [1.807, 2.05) is 106 Å². The molecule has 0 spiro atoms. The first kappa shape index (κ1) is 28.8. The van der Waals surface area contributed by atoms with Crippen molar-refractivity contribution < 1.29 is 4.79 Å². The first-order chi connectivity index (χ1) is 21.4. The van der Waals surface area contributed by atoms with Crippen molar-refractivity contribution in [1.29, 1.82) is 0 Å². The van der Waals surface area contributed by atoms with Crippen molar-refractivity contribution in [2.24, 2.45) is 0 Å². The third kappa shape index (κ3) is 6.24. The van der Waals surface area contributed by atoms with Gasteiger partial charge in [0.25, 0.3) is 5.91 Å². The molecule has 1 amide bonds. The van der Waals surface area contributed by atoms with Crippen LogP contribution in [0.1, 0.15) is 21.5 Å². The van der Waals surface area contributed by atoms with E-state index >= 15 is 0 Å². The zero-order valence-corrected chi connectivity index (χ0v) is 25.0. The molecule has 2 radical (unpaired) electrons. The first-order valence-electron chi connectivity index (χ1n) is 14.5. The van der Waals surface area contributed by atoms with Gasteiger partial charge in [0.1, 0.15) is 7.85 Å². The highest BCUT2D eigenvalue weighted by atomic mass is 16.1. The number of aromatic nitrogens is 2. The van der Waals surface area contributed by atoms with Crippen molar-refractivity contribution in [2.75, 3.05) is 24.7 Å². The van der Waals surface area contributed by atoms with Gasteiger partial charge < -0.3 is 15.5 Å². The summed E-state index contributed by atoms with van der Waals surface area (Å²) in [5, 5.41) is 7.35. The second-order valence-corrected chi connectivity index (χ2v) is 11.1. The Morgan fingerprint density at radius 1 is 0.773 bits per heavy atom. The summed E-state index contributed by atoms with van der Waals surface area (Å²) in [5.41, 5.74) is 9.54. The van der Waals surface area contributed by atoms with Crippen LogP contribution in [0.5, 0.6) is 0 Å². The molecular formula is C37H32BN5O. The normalized spacial score (nSPS) is 11.1. The largest absolute Gasteiger partial charge is 0.324 e. The number of amides is 1. The fraction of sp³-hybridized carbons (Fsp3) is 0.108. The van der Waals surface area contributed by atoms with E-state index in [9.17, 15) is 4.79 Å². The van der Waals surface area contributed by atoms with Crippen LogP contribution in [0.25, 0.3) is 33.3 Å². The van der Waals surface area contributed by atoms with Gasteiger partial charge in [-0.3, -0.25) is 4.79 Å². The second-order valence-electron chi connectivity index (χ2n) is 11.1. The minimum atomic E-state index is -0.164. The Labute approximate surface area is 259 Å². The predicted molar refractivity (Wildman–Crippen MR) is 182 cm³/mol. The molecule has 5 aromatic carbocycles. The van der Waals surface area contributed by atoms with E-state index in [0.717, 1.165) is 62.3 Å². The third-order valence-electron chi connectivity index (χ3n) is 7.49. The van der Waals surface area contributed by atoms with Crippen LogP contribution in [-0.4, -0.2) is 42.7 Å². The molecule has 0 saturated heterocycles. The van der Waals surface area contributed by atoms with Crippen LogP contribution in [0.15, 0.2) is 115 Å². The number of hydrogen-bond donors (Lipinski definition) is 2. The van der Waals surface area contributed by atoms with E-state index in [1.165, 1.54) is 0 Å². The number of hydrogen-bond acceptors (Lipinski definition) is 5. The maximum Gasteiger partial charge on any atom is 0.255 e. The summed E-state index contributed by atoms with van der Waals surface area (Å²) < 4.78 is 0. The fourth-order valence-corrected chi connectivity index (χ4v) is 5.30. The summed E-state index contributed by atoms with van der Waals surface area (Å²) >= 11 is 0.